The van der Waals surface area contributed by atoms with Gasteiger partial charge in [-0.25, -0.2) is 0 Å². The van der Waals surface area contributed by atoms with E-state index in [-0.39, 0.29) is 11.7 Å². The fraction of sp³-hybridized carbons (Fsp3) is 0.200. The van der Waals surface area contributed by atoms with Crippen LogP contribution >= 0.6 is 0 Å². The van der Waals surface area contributed by atoms with Crippen LogP contribution in [-0.4, -0.2) is 35.3 Å². The van der Waals surface area contributed by atoms with Gasteiger partial charge in [-0.2, -0.15) is 0 Å². The molecule has 0 fully saturated rings. The monoisotopic (exact) mass is 399 g/mol. The normalized spacial score (nSPS) is 13.3. The highest BCUT2D eigenvalue weighted by Crippen LogP contribution is 2.29. The topological polar surface area (TPSA) is 45.6 Å². The standard InChI is InChI=1S/C25H25N3O2/c1-18(26(2)3)15-24(29)19-10-12-20(13-11-19)25(30)28-17-22-8-6-14-27(22)16-21-7-4-5-9-23(21)28/h4-15H,16-17H2,1-3H3. The Bertz CT molecular complexity index is 1120. The van der Waals surface area contributed by atoms with Crippen LogP contribution < -0.4 is 4.90 Å². The van der Waals surface area contributed by atoms with E-state index in [1.54, 1.807) is 30.3 Å². The first-order valence-corrected chi connectivity index (χ1v) is 9.98. The van der Waals surface area contributed by atoms with E-state index in [9.17, 15) is 9.59 Å². The minimum absolute atomic E-state index is 0.0712. The summed E-state index contributed by atoms with van der Waals surface area (Å²) in [5, 5.41) is 0. The molecule has 0 N–H and O–H groups in total. The number of aromatic nitrogens is 1. The van der Waals surface area contributed by atoms with Gasteiger partial charge < -0.3 is 14.4 Å². The SMILES string of the molecule is CC(=CC(=O)c1ccc(C(=O)N2Cc3cccn3Cc3ccccc32)cc1)N(C)C. The third-order valence-electron chi connectivity index (χ3n) is 5.57. The van der Waals surface area contributed by atoms with Gasteiger partial charge >= 0.3 is 0 Å². The molecule has 1 aromatic heterocycles. The number of fused-ring (bicyclic) bond motifs is 2. The molecule has 1 amide bonds. The van der Waals surface area contributed by atoms with E-state index < -0.39 is 0 Å². The Balaban J connectivity index is 1.63. The van der Waals surface area contributed by atoms with Crippen LogP contribution in [0.3, 0.4) is 0 Å². The van der Waals surface area contributed by atoms with Crippen LogP contribution in [0.5, 0.6) is 0 Å². The average molecular weight is 399 g/mol. The van der Waals surface area contributed by atoms with E-state index in [2.05, 4.69) is 10.6 Å². The van der Waals surface area contributed by atoms with E-state index >= 15 is 0 Å². The molecule has 0 saturated heterocycles. The molecule has 5 nitrogen and oxygen atoms in total. The summed E-state index contributed by atoms with van der Waals surface area (Å²) in [6.45, 7) is 3.14. The summed E-state index contributed by atoms with van der Waals surface area (Å²) in [4.78, 5) is 29.6. The molecule has 0 unspecified atom stereocenters. The van der Waals surface area contributed by atoms with Gasteiger partial charge in [0.1, 0.15) is 0 Å². The first-order chi connectivity index (χ1) is 14.4. The summed E-state index contributed by atoms with van der Waals surface area (Å²) in [6, 6.07) is 19.0. The highest BCUT2D eigenvalue weighted by molar-refractivity contribution is 6.08. The molecule has 0 spiro atoms. The number of para-hydroxylation sites is 1. The van der Waals surface area contributed by atoms with E-state index in [1.165, 1.54) is 0 Å². The molecule has 3 aromatic rings. The van der Waals surface area contributed by atoms with Crippen molar-refractivity contribution >= 4 is 17.4 Å². The van der Waals surface area contributed by atoms with Gasteiger partial charge in [-0.15, -0.1) is 0 Å². The van der Waals surface area contributed by atoms with E-state index in [1.807, 2.05) is 67.3 Å². The molecule has 30 heavy (non-hydrogen) atoms. The van der Waals surface area contributed by atoms with Crippen molar-refractivity contribution in [1.29, 1.82) is 0 Å². The minimum atomic E-state index is -0.0730. The quantitative estimate of drug-likeness (QED) is 0.484. The third-order valence-corrected chi connectivity index (χ3v) is 5.57. The number of hydrogen-bond acceptors (Lipinski definition) is 3. The molecular formula is C25H25N3O2. The van der Waals surface area contributed by atoms with Crippen LogP contribution in [0.15, 0.2) is 78.6 Å². The zero-order valence-electron chi connectivity index (χ0n) is 17.5. The largest absolute Gasteiger partial charge is 0.381 e. The zero-order chi connectivity index (χ0) is 21.3. The van der Waals surface area contributed by atoms with Crippen molar-refractivity contribution < 1.29 is 9.59 Å². The maximum atomic E-state index is 13.4. The molecule has 0 saturated carbocycles. The summed E-state index contributed by atoms with van der Waals surface area (Å²) in [5.74, 6) is -0.144. The summed E-state index contributed by atoms with van der Waals surface area (Å²) >= 11 is 0. The molecule has 1 aliphatic rings. The lowest BCUT2D eigenvalue weighted by molar-refractivity contribution is 0.0982. The zero-order valence-corrected chi connectivity index (χ0v) is 17.5. The van der Waals surface area contributed by atoms with Crippen molar-refractivity contribution in [2.75, 3.05) is 19.0 Å². The van der Waals surface area contributed by atoms with Gasteiger partial charge in [0, 0.05) is 61.1 Å². The van der Waals surface area contributed by atoms with Crippen molar-refractivity contribution in [3.63, 3.8) is 0 Å². The van der Waals surface area contributed by atoms with Gasteiger partial charge in [0.2, 0.25) is 0 Å². The molecule has 0 aliphatic carbocycles. The van der Waals surface area contributed by atoms with Gasteiger partial charge in [0.25, 0.3) is 5.91 Å². The number of ketones is 1. The van der Waals surface area contributed by atoms with Crippen molar-refractivity contribution in [3.05, 3.63) is 101 Å². The first kappa shape index (κ1) is 19.7. The molecule has 0 atom stereocenters. The summed E-state index contributed by atoms with van der Waals surface area (Å²) in [7, 11) is 3.80. The maximum Gasteiger partial charge on any atom is 0.258 e. The van der Waals surface area contributed by atoms with Gasteiger partial charge in [-0.05, 0) is 42.8 Å². The number of carbonyl (C=O) groups excluding carboxylic acids is 2. The molecule has 5 heteroatoms. The highest BCUT2D eigenvalue weighted by atomic mass is 16.2. The van der Waals surface area contributed by atoms with E-state index in [4.69, 9.17) is 0 Å². The van der Waals surface area contributed by atoms with Crippen LogP contribution in [0.1, 0.15) is 38.9 Å². The second kappa shape index (κ2) is 8.03. The van der Waals surface area contributed by atoms with Crippen LogP contribution in [-0.2, 0) is 13.1 Å². The fourth-order valence-electron chi connectivity index (χ4n) is 3.60. The average Bonchev–Trinajstić information content (AvgIpc) is 3.12. The number of allylic oxidation sites excluding steroid dienone is 2. The van der Waals surface area contributed by atoms with Crippen molar-refractivity contribution in [2.45, 2.75) is 20.0 Å². The van der Waals surface area contributed by atoms with Crippen LogP contribution in [0, 0.1) is 0 Å². The van der Waals surface area contributed by atoms with Crippen molar-refractivity contribution in [1.82, 2.24) is 9.47 Å². The molecule has 0 bridgehead atoms. The Morgan fingerprint density at radius 1 is 0.900 bits per heavy atom. The Labute approximate surface area is 176 Å². The molecule has 0 radical (unpaired) electrons. The number of benzene rings is 2. The molecule has 4 rings (SSSR count). The second-order valence-corrected chi connectivity index (χ2v) is 7.77. The third kappa shape index (κ3) is 3.79. The number of carbonyl (C=O) groups is 2. The predicted molar refractivity (Wildman–Crippen MR) is 119 cm³/mol. The Hall–Kier alpha value is -3.60. The molecule has 152 valence electrons. The van der Waals surface area contributed by atoms with E-state index in [0.29, 0.717) is 17.7 Å². The highest BCUT2D eigenvalue weighted by Gasteiger charge is 2.24. The van der Waals surface area contributed by atoms with E-state index in [0.717, 1.165) is 29.2 Å². The summed E-state index contributed by atoms with van der Waals surface area (Å²) in [6.07, 6.45) is 3.65. The predicted octanol–water partition coefficient (Wildman–Crippen LogP) is 4.34. The lowest BCUT2D eigenvalue weighted by atomic mass is 10.1. The Morgan fingerprint density at radius 2 is 1.60 bits per heavy atom. The number of amides is 1. The molecule has 2 heterocycles. The summed E-state index contributed by atoms with van der Waals surface area (Å²) in [5.41, 5.74) is 5.14. The fourth-order valence-corrected chi connectivity index (χ4v) is 3.60. The lowest BCUT2D eigenvalue weighted by Crippen LogP contribution is -2.30. The van der Waals surface area contributed by atoms with Gasteiger partial charge in [0.05, 0.1) is 6.54 Å². The van der Waals surface area contributed by atoms with Gasteiger partial charge in [0.15, 0.2) is 5.78 Å². The number of hydrogen-bond donors (Lipinski definition) is 0. The smallest absolute Gasteiger partial charge is 0.258 e. The van der Waals surface area contributed by atoms with Gasteiger partial charge in [-0.3, -0.25) is 9.59 Å². The number of anilines is 1. The van der Waals surface area contributed by atoms with Crippen molar-refractivity contribution in [2.24, 2.45) is 0 Å². The maximum absolute atomic E-state index is 13.4. The number of rotatable bonds is 4. The lowest BCUT2D eigenvalue weighted by Gasteiger charge is -2.23. The Kier molecular flexibility index (Phi) is 5.27. The minimum Gasteiger partial charge on any atom is -0.381 e. The first-order valence-electron chi connectivity index (χ1n) is 9.98. The molecule has 2 aromatic carbocycles. The Morgan fingerprint density at radius 3 is 2.33 bits per heavy atom. The van der Waals surface area contributed by atoms with Crippen LogP contribution in [0.2, 0.25) is 0 Å². The number of nitrogens with zero attached hydrogens (tertiary/aromatic N) is 3. The van der Waals surface area contributed by atoms with Crippen LogP contribution in [0.4, 0.5) is 5.69 Å². The molecular weight excluding hydrogens is 374 g/mol. The van der Waals surface area contributed by atoms with Crippen molar-refractivity contribution in [3.8, 4) is 0 Å². The van der Waals surface area contributed by atoms with Gasteiger partial charge in [-0.1, -0.05) is 30.3 Å². The second-order valence-electron chi connectivity index (χ2n) is 7.77. The van der Waals surface area contributed by atoms with Crippen LogP contribution in [0.25, 0.3) is 0 Å². The summed E-state index contributed by atoms with van der Waals surface area (Å²) < 4.78 is 2.17. The molecule has 1 aliphatic heterocycles.